The lowest BCUT2D eigenvalue weighted by Crippen LogP contribution is -2.48. The highest BCUT2D eigenvalue weighted by Crippen LogP contribution is 2.07. The third kappa shape index (κ3) is 2.01. The molecule has 1 rings (SSSR count). The Morgan fingerprint density at radius 3 is 3.27 bits per heavy atom. The van der Waals surface area contributed by atoms with E-state index in [2.05, 4.69) is 17.2 Å². The molecule has 0 spiro atoms. The van der Waals surface area contributed by atoms with Gasteiger partial charge in [-0.15, -0.1) is 11.5 Å². The van der Waals surface area contributed by atoms with E-state index in [0.29, 0.717) is 6.54 Å². The molecule has 0 aromatic rings. The summed E-state index contributed by atoms with van der Waals surface area (Å²) in [5.41, 5.74) is 0. The van der Waals surface area contributed by atoms with Gasteiger partial charge in [-0.25, -0.2) is 0 Å². The summed E-state index contributed by atoms with van der Waals surface area (Å²) in [7, 11) is 0. The van der Waals surface area contributed by atoms with Crippen LogP contribution in [0.3, 0.4) is 0 Å². The molecule has 1 aliphatic heterocycles. The summed E-state index contributed by atoms with van der Waals surface area (Å²) in [5, 5.41) is 7.72. The van der Waals surface area contributed by atoms with Crippen LogP contribution in [0.1, 0.15) is 6.42 Å². The van der Waals surface area contributed by atoms with E-state index in [1.54, 1.807) is 5.01 Å². The normalized spacial score (nSPS) is 24.7. The molecule has 4 nitrogen and oxygen atoms in total. The van der Waals surface area contributed by atoms with Crippen LogP contribution >= 0.6 is 0 Å². The van der Waals surface area contributed by atoms with E-state index >= 15 is 0 Å². The molecule has 0 aliphatic carbocycles. The Morgan fingerprint density at radius 1 is 1.82 bits per heavy atom. The van der Waals surface area contributed by atoms with Gasteiger partial charge in [-0.05, 0) is 6.42 Å². The monoisotopic (exact) mass is 155 g/mol. The Hall–Kier alpha value is -0.900. The van der Waals surface area contributed by atoms with Crippen LogP contribution < -0.4 is 5.32 Å². The van der Waals surface area contributed by atoms with E-state index in [4.69, 9.17) is 0 Å². The fourth-order valence-corrected chi connectivity index (χ4v) is 1.26. The van der Waals surface area contributed by atoms with Crippen LogP contribution in [0.15, 0.2) is 17.9 Å². The molecule has 4 heteroatoms. The maximum Gasteiger partial charge on any atom is 0.0661 e. The second-order valence-corrected chi connectivity index (χ2v) is 2.63. The third-order valence-corrected chi connectivity index (χ3v) is 1.86. The smallest absolute Gasteiger partial charge is 0.0661 e. The first-order valence-corrected chi connectivity index (χ1v) is 3.80. The van der Waals surface area contributed by atoms with Crippen molar-refractivity contribution in [3.05, 3.63) is 17.6 Å². The fraction of sp³-hybridized carbons (Fsp3) is 0.714. The lowest BCUT2D eigenvalue weighted by Gasteiger charge is -2.30. The van der Waals surface area contributed by atoms with Crippen molar-refractivity contribution < 1.29 is 0 Å². The molecule has 1 heterocycles. The molecular weight excluding hydrogens is 142 g/mol. The van der Waals surface area contributed by atoms with Crippen molar-refractivity contribution in [2.24, 2.45) is 5.29 Å². The van der Waals surface area contributed by atoms with Crippen LogP contribution in [0, 0.1) is 4.91 Å². The molecular formula is C7H13N3O. The minimum atomic E-state index is 0.207. The van der Waals surface area contributed by atoms with Gasteiger partial charge in [0.2, 0.25) is 0 Å². The van der Waals surface area contributed by atoms with Crippen LogP contribution in [-0.4, -0.2) is 30.7 Å². The molecule has 0 radical (unpaired) electrons. The molecule has 0 aromatic heterocycles. The van der Waals surface area contributed by atoms with Crippen LogP contribution in [0.2, 0.25) is 0 Å². The molecule has 1 unspecified atom stereocenters. The predicted octanol–water partition coefficient (Wildman–Crippen LogP) is 0.518. The third-order valence-electron chi connectivity index (χ3n) is 1.86. The summed E-state index contributed by atoms with van der Waals surface area (Å²) >= 11 is 0. The highest BCUT2D eigenvalue weighted by Gasteiger charge is 2.19. The summed E-state index contributed by atoms with van der Waals surface area (Å²) in [6.07, 6.45) is 2.63. The Kier molecular flexibility index (Phi) is 3.04. The van der Waals surface area contributed by atoms with Crippen molar-refractivity contribution in [3.8, 4) is 0 Å². The first-order chi connectivity index (χ1) is 5.38. The van der Waals surface area contributed by atoms with Gasteiger partial charge in [-0.2, -0.15) is 0 Å². The SMILES string of the molecule is C=CCC1CNCCN1N=O. The fourth-order valence-electron chi connectivity index (χ4n) is 1.26. The minimum Gasteiger partial charge on any atom is -0.313 e. The van der Waals surface area contributed by atoms with Crippen LogP contribution in [0.25, 0.3) is 0 Å². The number of nitrogens with one attached hydrogen (secondary N) is 1. The second-order valence-electron chi connectivity index (χ2n) is 2.63. The molecule has 1 saturated heterocycles. The van der Waals surface area contributed by atoms with Crippen molar-refractivity contribution in [2.75, 3.05) is 19.6 Å². The Bertz CT molecular complexity index is 149. The molecule has 11 heavy (non-hydrogen) atoms. The standard InChI is InChI=1S/C7H13N3O/c1-2-3-7-6-8-4-5-10(7)9-11/h2,7-8H,1,3-6H2. The van der Waals surface area contributed by atoms with Crippen molar-refractivity contribution in [2.45, 2.75) is 12.5 Å². The predicted molar refractivity (Wildman–Crippen MR) is 44.0 cm³/mol. The van der Waals surface area contributed by atoms with Crippen LogP contribution in [-0.2, 0) is 0 Å². The topological polar surface area (TPSA) is 44.7 Å². The van der Waals surface area contributed by atoms with E-state index in [1.807, 2.05) is 6.08 Å². The number of piperazine rings is 1. The Balaban J connectivity index is 2.43. The van der Waals surface area contributed by atoms with Gasteiger partial charge in [0.1, 0.15) is 0 Å². The van der Waals surface area contributed by atoms with E-state index in [-0.39, 0.29) is 6.04 Å². The van der Waals surface area contributed by atoms with Crippen molar-refractivity contribution in [3.63, 3.8) is 0 Å². The van der Waals surface area contributed by atoms with Gasteiger partial charge in [-0.3, -0.25) is 5.01 Å². The van der Waals surface area contributed by atoms with Crippen LogP contribution in [0.4, 0.5) is 0 Å². The van der Waals surface area contributed by atoms with Gasteiger partial charge in [0.05, 0.1) is 17.9 Å². The minimum absolute atomic E-state index is 0.207. The van der Waals surface area contributed by atoms with E-state index < -0.39 is 0 Å². The van der Waals surface area contributed by atoms with E-state index in [9.17, 15) is 4.91 Å². The van der Waals surface area contributed by atoms with Gasteiger partial charge < -0.3 is 5.32 Å². The van der Waals surface area contributed by atoms with Gasteiger partial charge in [0, 0.05) is 13.1 Å². The molecule has 0 aromatic carbocycles. The zero-order valence-corrected chi connectivity index (χ0v) is 6.49. The average molecular weight is 155 g/mol. The average Bonchev–Trinajstić information content (AvgIpc) is 2.06. The summed E-state index contributed by atoms with van der Waals surface area (Å²) in [4.78, 5) is 10.3. The first kappa shape index (κ1) is 8.20. The van der Waals surface area contributed by atoms with Gasteiger partial charge in [0.15, 0.2) is 0 Å². The summed E-state index contributed by atoms with van der Waals surface area (Å²) < 4.78 is 0. The summed E-state index contributed by atoms with van der Waals surface area (Å²) in [6.45, 7) is 6.01. The maximum atomic E-state index is 10.3. The maximum absolute atomic E-state index is 10.3. The van der Waals surface area contributed by atoms with Crippen molar-refractivity contribution in [1.29, 1.82) is 0 Å². The second kappa shape index (κ2) is 4.08. The zero-order valence-electron chi connectivity index (χ0n) is 6.49. The summed E-state index contributed by atoms with van der Waals surface area (Å²) in [5.74, 6) is 0. The van der Waals surface area contributed by atoms with E-state index in [0.717, 1.165) is 19.5 Å². The summed E-state index contributed by atoms with van der Waals surface area (Å²) in [6, 6.07) is 0.207. The molecule has 0 amide bonds. The molecule has 1 fully saturated rings. The molecule has 0 saturated carbocycles. The molecule has 62 valence electrons. The van der Waals surface area contributed by atoms with Crippen molar-refractivity contribution >= 4 is 0 Å². The molecule has 1 N–H and O–H groups in total. The molecule has 1 atom stereocenters. The first-order valence-electron chi connectivity index (χ1n) is 3.80. The molecule has 0 bridgehead atoms. The largest absolute Gasteiger partial charge is 0.313 e. The number of hydrogen-bond acceptors (Lipinski definition) is 3. The Morgan fingerprint density at radius 2 is 2.64 bits per heavy atom. The quantitative estimate of drug-likeness (QED) is 0.477. The van der Waals surface area contributed by atoms with Crippen molar-refractivity contribution in [1.82, 2.24) is 10.3 Å². The number of nitrogens with zero attached hydrogens (tertiary/aromatic N) is 2. The lowest BCUT2D eigenvalue weighted by atomic mass is 10.1. The highest BCUT2D eigenvalue weighted by atomic mass is 16.3. The molecule has 1 aliphatic rings. The number of nitroso groups, excluding NO2 is 1. The zero-order chi connectivity index (χ0) is 8.10. The van der Waals surface area contributed by atoms with Gasteiger partial charge in [-0.1, -0.05) is 6.08 Å². The van der Waals surface area contributed by atoms with Gasteiger partial charge in [0.25, 0.3) is 0 Å². The number of hydrogen-bond donors (Lipinski definition) is 1. The Labute approximate surface area is 66.2 Å². The van der Waals surface area contributed by atoms with Crippen LogP contribution in [0.5, 0.6) is 0 Å². The lowest BCUT2D eigenvalue weighted by molar-refractivity contribution is 0.166. The van der Waals surface area contributed by atoms with E-state index in [1.165, 1.54) is 0 Å². The highest BCUT2D eigenvalue weighted by molar-refractivity contribution is 4.83. The van der Waals surface area contributed by atoms with Gasteiger partial charge >= 0.3 is 0 Å². The number of rotatable bonds is 3.